The third-order valence-electron chi connectivity index (χ3n) is 1.07. The summed E-state index contributed by atoms with van der Waals surface area (Å²) in [6.07, 6.45) is 1.02. The van der Waals surface area contributed by atoms with E-state index in [4.69, 9.17) is 12.6 Å². The van der Waals surface area contributed by atoms with Crippen LogP contribution in [0, 0.1) is 5.82 Å². The van der Waals surface area contributed by atoms with E-state index in [-0.39, 0.29) is 5.46 Å². The van der Waals surface area contributed by atoms with Crippen molar-refractivity contribution in [2.45, 2.75) is 0 Å². The lowest BCUT2D eigenvalue weighted by Crippen LogP contribution is -2.09. The van der Waals surface area contributed by atoms with Gasteiger partial charge in [0, 0.05) is 0 Å². The van der Waals surface area contributed by atoms with Crippen LogP contribution in [0.25, 0.3) is 0 Å². The quantitative estimate of drug-likeness (QED) is 0.509. The van der Waals surface area contributed by atoms with Gasteiger partial charge < -0.3 is 4.74 Å². The zero-order chi connectivity index (χ0) is 7.56. The molecule has 0 unspecified atom stereocenters. The van der Waals surface area contributed by atoms with Crippen molar-refractivity contribution in [3.63, 3.8) is 0 Å². The Balaban J connectivity index is 3.04. The third-order valence-corrected chi connectivity index (χ3v) is 1.07. The molecule has 0 saturated carbocycles. The minimum absolute atomic E-state index is 0.0480. The molecule has 0 atom stereocenters. The Morgan fingerprint density at radius 2 is 2.40 bits per heavy atom. The predicted octanol–water partition coefficient (Wildman–Crippen LogP) is 0.0231. The number of pyridine rings is 1. The largest absolute Gasteiger partial charge is 0.481 e. The lowest BCUT2D eigenvalue weighted by molar-refractivity contribution is 0.396. The van der Waals surface area contributed by atoms with Crippen LogP contribution in [0.5, 0.6) is 5.88 Å². The summed E-state index contributed by atoms with van der Waals surface area (Å²) in [5.74, 6) is -0.209. The Labute approximate surface area is 59.4 Å². The van der Waals surface area contributed by atoms with Gasteiger partial charge in [-0.1, -0.05) is 5.46 Å². The Kier molecular flexibility index (Phi) is 1.90. The predicted molar refractivity (Wildman–Crippen MR) is 36.1 cm³/mol. The molecule has 2 nitrogen and oxygen atoms in total. The molecule has 0 aromatic carbocycles. The minimum atomic E-state index is -0.527. The Morgan fingerprint density at radius 3 is 2.90 bits per heavy atom. The number of hydrogen-bond donors (Lipinski definition) is 0. The second-order valence-electron chi connectivity index (χ2n) is 1.75. The molecule has 1 heterocycles. The highest BCUT2D eigenvalue weighted by Crippen LogP contribution is 2.01. The topological polar surface area (TPSA) is 22.1 Å². The summed E-state index contributed by atoms with van der Waals surface area (Å²) < 4.78 is 17.1. The molecule has 2 radical (unpaired) electrons. The van der Waals surface area contributed by atoms with Gasteiger partial charge in [0.05, 0.1) is 13.3 Å². The number of nitrogens with zero attached hydrogens (tertiary/aromatic N) is 1. The zero-order valence-corrected chi connectivity index (χ0v) is 5.47. The SMILES string of the molecule is [B]c1cc(OC)ncc1F. The molecule has 0 saturated heterocycles. The van der Waals surface area contributed by atoms with Crippen molar-refractivity contribution < 1.29 is 9.13 Å². The van der Waals surface area contributed by atoms with Crippen LogP contribution in [0.1, 0.15) is 0 Å². The van der Waals surface area contributed by atoms with Gasteiger partial charge in [-0.05, 0) is 6.07 Å². The minimum Gasteiger partial charge on any atom is -0.481 e. The first-order valence-corrected chi connectivity index (χ1v) is 2.69. The summed E-state index contributed by atoms with van der Waals surface area (Å²) in [7, 11) is 6.65. The van der Waals surface area contributed by atoms with Crippen molar-refractivity contribution in [2.75, 3.05) is 7.11 Å². The highest BCUT2D eigenvalue weighted by atomic mass is 19.1. The van der Waals surface area contributed by atoms with Gasteiger partial charge in [-0.15, -0.1) is 0 Å². The molecule has 1 rings (SSSR count). The molecule has 0 amide bonds. The maximum Gasteiger partial charge on any atom is 0.212 e. The fourth-order valence-corrected chi connectivity index (χ4v) is 0.546. The average molecular weight is 137 g/mol. The van der Waals surface area contributed by atoms with Gasteiger partial charge >= 0.3 is 0 Å². The molecule has 1 aromatic heterocycles. The summed E-state index contributed by atoms with van der Waals surface area (Å²) in [4.78, 5) is 3.58. The van der Waals surface area contributed by atoms with E-state index in [9.17, 15) is 4.39 Å². The van der Waals surface area contributed by atoms with Crippen molar-refractivity contribution in [3.05, 3.63) is 18.1 Å². The zero-order valence-electron chi connectivity index (χ0n) is 5.47. The third kappa shape index (κ3) is 1.26. The number of halogens is 1. The molecule has 0 aliphatic rings. The van der Waals surface area contributed by atoms with E-state index in [0.29, 0.717) is 5.88 Å². The van der Waals surface area contributed by atoms with Crippen molar-refractivity contribution in [2.24, 2.45) is 0 Å². The van der Waals surface area contributed by atoms with Crippen molar-refractivity contribution in [1.29, 1.82) is 0 Å². The number of aromatic nitrogens is 1. The van der Waals surface area contributed by atoms with E-state index < -0.39 is 5.82 Å². The van der Waals surface area contributed by atoms with E-state index in [1.807, 2.05) is 0 Å². The van der Waals surface area contributed by atoms with Crippen LogP contribution in [-0.2, 0) is 0 Å². The summed E-state index contributed by atoms with van der Waals surface area (Å²) in [6.45, 7) is 0. The second-order valence-corrected chi connectivity index (χ2v) is 1.75. The highest BCUT2D eigenvalue weighted by Gasteiger charge is 1.97. The Morgan fingerprint density at radius 1 is 1.70 bits per heavy atom. The lowest BCUT2D eigenvalue weighted by atomic mass is 9.97. The fraction of sp³-hybridized carbons (Fsp3) is 0.167. The Bertz CT molecular complexity index is 241. The smallest absolute Gasteiger partial charge is 0.212 e. The number of ether oxygens (including phenoxy) is 1. The van der Waals surface area contributed by atoms with E-state index in [2.05, 4.69) is 4.98 Å². The molecule has 0 N–H and O–H groups in total. The van der Waals surface area contributed by atoms with Crippen LogP contribution >= 0.6 is 0 Å². The lowest BCUT2D eigenvalue weighted by Gasteiger charge is -1.99. The molecule has 0 fully saturated rings. The Hall–Kier alpha value is -1.06. The maximum atomic E-state index is 12.4. The normalized spacial score (nSPS) is 9.40. The van der Waals surface area contributed by atoms with E-state index in [1.54, 1.807) is 0 Å². The number of hydrogen-bond acceptors (Lipinski definition) is 2. The summed E-state index contributed by atoms with van der Waals surface area (Å²) in [5, 5.41) is 0. The van der Waals surface area contributed by atoms with E-state index in [0.717, 1.165) is 6.20 Å². The first-order chi connectivity index (χ1) is 4.74. The van der Waals surface area contributed by atoms with E-state index >= 15 is 0 Å². The molecule has 4 heteroatoms. The number of rotatable bonds is 1. The average Bonchev–Trinajstić information content (AvgIpc) is 1.95. The van der Waals surface area contributed by atoms with Gasteiger partial charge in [0.1, 0.15) is 13.7 Å². The number of methoxy groups -OCH3 is 1. The van der Waals surface area contributed by atoms with Gasteiger partial charge in [0.15, 0.2) is 0 Å². The van der Waals surface area contributed by atoms with Gasteiger partial charge in [-0.25, -0.2) is 9.37 Å². The first kappa shape index (κ1) is 7.06. The molecule has 0 spiro atoms. The second kappa shape index (κ2) is 2.69. The molecule has 0 aliphatic carbocycles. The van der Waals surface area contributed by atoms with Crippen LogP contribution < -0.4 is 10.2 Å². The maximum absolute atomic E-state index is 12.4. The molecule has 1 aromatic rings. The van der Waals surface area contributed by atoms with Crippen molar-refractivity contribution in [3.8, 4) is 5.88 Å². The summed E-state index contributed by atoms with van der Waals surface area (Å²) in [5.41, 5.74) is 0.0480. The van der Waals surface area contributed by atoms with Gasteiger partial charge in [0.2, 0.25) is 5.88 Å². The standard InChI is InChI=1S/C6H5BFNO/c1-10-6-2-4(7)5(8)3-9-6/h2-3H,1H3. The van der Waals surface area contributed by atoms with Crippen LogP contribution in [0.4, 0.5) is 4.39 Å². The first-order valence-electron chi connectivity index (χ1n) is 2.69. The fourth-order valence-electron chi connectivity index (χ4n) is 0.546. The van der Waals surface area contributed by atoms with Crippen molar-refractivity contribution >= 4 is 13.3 Å². The molecule has 10 heavy (non-hydrogen) atoms. The molecule has 50 valence electrons. The monoisotopic (exact) mass is 137 g/mol. The summed E-state index contributed by atoms with van der Waals surface area (Å²) >= 11 is 0. The summed E-state index contributed by atoms with van der Waals surface area (Å²) in [6, 6.07) is 1.33. The van der Waals surface area contributed by atoms with Gasteiger partial charge in [-0.2, -0.15) is 0 Å². The highest BCUT2D eigenvalue weighted by molar-refractivity contribution is 6.32. The molecular formula is C6H5BFNO. The van der Waals surface area contributed by atoms with Crippen LogP contribution in [-0.4, -0.2) is 19.9 Å². The van der Waals surface area contributed by atoms with Crippen LogP contribution in [0.3, 0.4) is 0 Å². The van der Waals surface area contributed by atoms with Crippen LogP contribution in [0.2, 0.25) is 0 Å². The molecule has 0 aliphatic heterocycles. The molecular weight excluding hydrogens is 132 g/mol. The van der Waals surface area contributed by atoms with Gasteiger partial charge in [0.25, 0.3) is 0 Å². The van der Waals surface area contributed by atoms with Crippen molar-refractivity contribution in [1.82, 2.24) is 4.98 Å². The van der Waals surface area contributed by atoms with E-state index in [1.165, 1.54) is 13.2 Å². The van der Waals surface area contributed by atoms with Crippen LogP contribution in [0.15, 0.2) is 12.3 Å². The molecule has 0 bridgehead atoms. The van der Waals surface area contributed by atoms with Gasteiger partial charge in [-0.3, -0.25) is 0 Å².